The number of amides is 1. The van der Waals surface area contributed by atoms with Gasteiger partial charge in [0.25, 0.3) is 6.47 Å². The summed E-state index contributed by atoms with van der Waals surface area (Å²) in [5.41, 5.74) is 0.0293. The van der Waals surface area contributed by atoms with E-state index in [9.17, 15) is 4.79 Å². The van der Waals surface area contributed by atoms with E-state index in [1.807, 2.05) is 13.8 Å². The molecule has 1 saturated heterocycles. The maximum absolute atomic E-state index is 12.1. The van der Waals surface area contributed by atoms with Crippen molar-refractivity contribution in [2.45, 2.75) is 83.9 Å². The fourth-order valence-corrected chi connectivity index (χ4v) is 3.62. The molecule has 6 nitrogen and oxygen atoms in total. The number of rotatable bonds is 6. The summed E-state index contributed by atoms with van der Waals surface area (Å²) in [6.45, 7) is 13.4. The van der Waals surface area contributed by atoms with Crippen molar-refractivity contribution in [3.63, 3.8) is 0 Å². The first kappa shape index (κ1) is 22.9. The first-order valence-corrected chi connectivity index (χ1v) is 8.55. The lowest BCUT2D eigenvalue weighted by Gasteiger charge is -2.46. The van der Waals surface area contributed by atoms with Crippen molar-refractivity contribution in [3.8, 4) is 0 Å². The van der Waals surface area contributed by atoms with E-state index in [4.69, 9.17) is 14.6 Å². The molecule has 1 heterocycles. The van der Waals surface area contributed by atoms with Gasteiger partial charge >= 0.3 is 0 Å². The Morgan fingerprint density at radius 3 is 2.17 bits per heavy atom. The molecule has 1 rings (SSSR count). The molecule has 0 aromatic carbocycles. The zero-order valence-electron chi connectivity index (χ0n) is 16.4. The van der Waals surface area contributed by atoms with Crippen LogP contribution in [0.15, 0.2) is 0 Å². The van der Waals surface area contributed by atoms with Crippen molar-refractivity contribution >= 4 is 12.4 Å². The number of carboxylic acid groups (broad SMARTS) is 1. The average molecular weight is 344 g/mol. The molecule has 0 aromatic rings. The highest BCUT2D eigenvalue weighted by atomic mass is 16.5. The molecular weight excluding hydrogens is 308 g/mol. The first-order chi connectivity index (χ1) is 10.9. The van der Waals surface area contributed by atoms with Gasteiger partial charge in [-0.3, -0.25) is 9.59 Å². The minimum absolute atomic E-state index is 0.102. The summed E-state index contributed by atoms with van der Waals surface area (Å²) in [5, 5.41) is 13.6. The Bertz CT molecular complexity index is 390. The van der Waals surface area contributed by atoms with E-state index in [2.05, 4.69) is 38.3 Å². The van der Waals surface area contributed by atoms with E-state index in [0.29, 0.717) is 18.9 Å². The van der Waals surface area contributed by atoms with Gasteiger partial charge in [-0.25, -0.2) is 0 Å². The van der Waals surface area contributed by atoms with Crippen LogP contribution in [0.3, 0.4) is 0 Å². The van der Waals surface area contributed by atoms with Crippen LogP contribution in [-0.4, -0.2) is 47.8 Å². The normalized spacial score (nSPS) is 19.8. The Morgan fingerprint density at radius 1 is 1.29 bits per heavy atom. The molecule has 1 fully saturated rings. The molecule has 0 aliphatic carbocycles. The van der Waals surface area contributed by atoms with Gasteiger partial charge < -0.3 is 20.5 Å². The maximum atomic E-state index is 12.1. The number of carbonyl (C=O) groups is 2. The van der Waals surface area contributed by atoms with Crippen LogP contribution < -0.4 is 10.6 Å². The molecule has 0 saturated carbocycles. The second-order valence-electron chi connectivity index (χ2n) is 8.54. The zero-order valence-corrected chi connectivity index (χ0v) is 16.4. The van der Waals surface area contributed by atoms with E-state index in [0.717, 1.165) is 19.3 Å². The number of nitrogens with one attached hydrogen (secondary N) is 2. The van der Waals surface area contributed by atoms with E-state index >= 15 is 0 Å². The highest BCUT2D eigenvalue weighted by molar-refractivity contribution is 5.76. The molecule has 1 amide bonds. The number of hydrogen-bond acceptors (Lipinski definition) is 4. The first-order valence-electron chi connectivity index (χ1n) is 8.55. The Kier molecular flexibility index (Phi) is 8.93. The van der Waals surface area contributed by atoms with E-state index in [1.54, 1.807) is 7.11 Å². The largest absolute Gasteiger partial charge is 0.483 e. The molecular formula is C18H36N2O4. The van der Waals surface area contributed by atoms with Crippen molar-refractivity contribution in [2.75, 3.05) is 13.7 Å². The van der Waals surface area contributed by atoms with Gasteiger partial charge in [-0.15, -0.1) is 0 Å². The molecule has 0 aromatic heterocycles. The standard InChI is InChI=1S/C17H34N2O2.CH2O2/c1-15(2)11-13(12-16(3,4)19-15)10-14(20)18-9-8-17(5,6)21-7;2-1-3/h13,19H,8-12H2,1-7H3,(H,18,20);1H,(H,2,3). The van der Waals surface area contributed by atoms with Gasteiger partial charge in [0.2, 0.25) is 5.91 Å². The molecule has 0 atom stereocenters. The van der Waals surface area contributed by atoms with Crippen LogP contribution in [0, 0.1) is 5.92 Å². The van der Waals surface area contributed by atoms with E-state index in [1.165, 1.54) is 0 Å². The van der Waals surface area contributed by atoms with Gasteiger partial charge in [-0.05, 0) is 66.7 Å². The monoisotopic (exact) mass is 344 g/mol. The molecule has 142 valence electrons. The number of carbonyl (C=O) groups excluding carboxylic acids is 1. The number of piperidine rings is 1. The van der Waals surface area contributed by atoms with E-state index < -0.39 is 0 Å². The molecule has 0 radical (unpaired) electrons. The summed E-state index contributed by atoms with van der Waals surface area (Å²) in [4.78, 5) is 20.5. The van der Waals surface area contributed by atoms with Gasteiger partial charge in [0.15, 0.2) is 0 Å². The van der Waals surface area contributed by atoms with Crippen LogP contribution >= 0.6 is 0 Å². The van der Waals surface area contributed by atoms with E-state index in [-0.39, 0.29) is 29.1 Å². The van der Waals surface area contributed by atoms with Gasteiger partial charge in [0.1, 0.15) is 0 Å². The fourth-order valence-electron chi connectivity index (χ4n) is 3.62. The molecule has 6 heteroatoms. The average Bonchev–Trinajstić information content (AvgIpc) is 2.35. The second-order valence-corrected chi connectivity index (χ2v) is 8.54. The van der Waals surface area contributed by atoms with Gasteiger partial charge in [0, 0.05) is 31.2 Å². The summed E-state index contributed by atoms with van der Waals surface area (Å²) < 4.78 is 5.36. The Hall–Kier alpha value is -1.14. The quantitative estimate of drug-likeness (QED) is 0.645. The number of methoxy groups -OCH3 is 1. The van der Waals surface area contributed by atoms with Gasteiger partial charge in [-0.2, -0.15) is 0 Å². The van der Waals surface area contributed by atoms with Crippen molar-refractivity contribution < 1.29 is 19.4 Å². The third kappa shape index (κ3) is 9.88. The molecule has 0 unspecified atom stereocenters. The van der Waals surface area contributed by atoms with Crippen molar-refractivity contribution in [2.24, 2.45) is 5.92 Å². The Morgan fingerprint density at radius 2 is 1.75 bits per heavy atom. The molecule has 3 N–H and O–H groups in total. The SMILES string of the molecule is COC(C)(C)CCNC(=O)CC1CC(C)(C)NC(C)(C)C1.O=CO. The number of hydrogen-bond donors (Lipinski definition) is 3. The number of ether oxygens (including phenoxy) is 1. The zero-order chi connectivity index (χ0) is 19.0. The summed E-state index contributed by atoms with van der Waals surface area (Å²) in [6.07, 6.45) is 3.56. The second kappa shape index (κ2) is 9.37. The third-order valence-corrected chi connectivity index (χ3v) is 4.35. The summed E-state index contributed by atoms with van der Waals surface area (Å²) in [7, 11) is 1.71. The fraction of sp³-hybridized carbons (Fsp3) is 0.889. The summed E-state index contributed by atoms with van der Waals surface area (Å²) in [5.74, 6) is 0.618. The highest BCUT2D eigenvalue weighted by Gasteiger charge is 2.38. The van der Waals surface area contributed by atoms with Crippen LogP contribution in [0.5, 0.6) is 0 Å². The van der Waals surface area contributed by atoms with Crippen LogP contribution in [0.1, 0.15) is 67.2 Å². The lowest BCUT2D eigenvalue weighted by molar-refractivity contribution is -0.123. The Balaban J connectivity index is 0.00000163. The third-order valence-electron chi connectivity index (χ3n) is 4.35. The molecule has 1 aliphatic heterocycles. The minimum atomic E-state index is -0.250. The van der Waals surface area contributed by atoms with Crippen molar-refractivity contribution in [3.05, 3.63) is 0 Å². The minimum Gasteiger partial charge on any atom is -0.483 e. The lowest BCUT2D eigenvalue weighted by Crippen LogP contribution is -2.58. The van der Waals surface area contributed by atoms with Crippen LogP contribution in [0.25, 0.3) is 0 Å². The summed E-state index contributed by atoms with van der Waals surface area (Å²) in [6, 6.07) is 0. The predicted octanol–water partition coefficient (Wildman–Crippen LogP) is 2.57. The predicted molar refractivity (Wildman–Crippen MR) is 96.0 cm³/mol. The van der Waals surface area contributed by atoms with Crippen molar-refractivity contribution in [1.29, 1.82) is 0 Å². The maximum Gasteiger partial charge on any atom is 0.290 e. The van der Waals surface area contributed by atoms with Gasteiger partial charge in [-0.1, -0.05) is 0 Å². The molecule has 1 aliphatic rings. The smallest absolute Gasteiger partial charge is 0.290 e. The van der Waals surface area contributed by atoms with Crippen LogP contribution in [-0.2, 0) is 14.3 Å². The molecule has 0 bridgehead atoms. The molecule has 0 spiro atoms. The topological polar surface area (TPSA) is 87.7 Å². The summed E-state index contributed by atoms with van der Waals surface area (Å²) >= 11 is 0. The Labute approximate surface area is 146 Å². The highest BCUT2D eigenvalue weighted by Crippen LogP contribution is 2.34. The van der Waals surface area contributed by atoms with Gasteiger partial charge in [0.05, 0.1) is 5.60 Å². The van der Waals surface area contributed by atoms with Crippen molar-refractivity contribution in [1.82, 2.24) is 10.6 Å². The lowest BCUT2D eigenvalue weighted by atomic mass is 9.74. The van der Waals surface area contributed by atoms with Crippen LogP contribution in [0.2, 0.25) is 0 Å². The molecule has 24 heavy (non-hydrogen) atoms. The van der Waals surface area contributed by atoms with Crippen LogP contribution in [0.4, 0.5) is 0 Å².